The van der Waals surface area contributed by atoms with Crippen LogP contribution in [0.4, 0.5) is 21.3 Å². The molecule has 0 bridgehead atoms. The number of aryl methyl sites for hydroxylation is 2. The summed E-state index contributed by atoms with van der Waals surface area (Å²) in [7, 11) is 1.53. The van der Waals surface area contributed by atoms with E-state index in [-0.39, 0.29) is 5.91 Å². The largest absolute Gasteiger partial charge is 0.495 e. The lowest BCUT2D eigenvalue weighted by Gasteiger charge is -2.09. The highest BCUT2D eigenvalue weighted by Gasteiger charge is 2.17. The molecule has 1 heterocycles. The Bertz CT molecular complexity index is 999. The van der Waals surface area contributed by atoms with Crippen LogP contribution in [0, 0.1) is 13.8 Å². The molecule has 2 aromatic carbocycles. The van der Waals surface area contributed by atoms with Crippen molar-refractivity contribution in [1.29, 1.82) is 0 Å². The number of rotatable bonds is 5. The Morgan fingerprint density at radius 1 is 0.964 bits per heavy atom. The number of para-hydroxylation sites is 2. The maximum Gasteiger partial charge on any atom is 0.325 e. The molecule has 3 N–H and O–H groups in total. The highest BCUT2D eigenvalue weighted by Crippen LogP contribution is 2.26. The van der Waals surface area contributed by atoms with Gasteiger partial charge in [0, 0.05) is 5.69 Å². The van der Waals surface area contributed by atoms with Crippen molar-refractivity contribution >= 4 is 39.8 Å². The second kappa shape index (κ2) is 8.53. The van der Waals surface area contributed by atoms with E-state index in [2.05, 4.69) is 20.9 Å². The lowest BCUT2D eigenvalue weighted by atomic mass is 10.2. The summed E-state index contributed by atoms with van der Waals surface area (Å²) in [5.41, 5.74) is 2.89. The molecule has 3 amide bonds. The van der Waals surface area contributed by atoms with Crippen LogP contribution >= 0.6 is 11.3 Å². The molecule has 0 fully saturated rings. The summed E-state index contributed by atoms with van der Waals surface area (Å²) in [4.78, 5) is 29.5. The van der Waals surface area contributed by atoms with Crippen molar-refractivity contribution in [3.05, 3.63) is 64.7 Å². The number of carbonyl (C=O) groups is 2. The Morgan fingerprint density at radius 3 is 2.39 bits per heavy atom. The summed E-state index contributed by atoms with van der Waals surface area (Å²) in [5, 5.41) is 8.52. The number of hydrogen-bond acceptors (Lipinski definition) is 5. The molecule has 3 rings (SSSR count). The number of carbonyl (C=O) groups excluding carboxylic acids is 2. The number of ether oxygens (including phenoxy) is 1. The fraction of sp³-hybridized carbons (Fsp3) is 0.150. The average molecular weight is 396 g/mol. The van der Waals surface area contributed by atoms with Gasteiger partial charge in [-0.25, -0.2) is 9.78 Å². The van der Waals surface area contributed by atoms with Crippen molar-refractivity contribution in [3.63, 3.8) is 0 Å². The van der Waals surface area contributed by atoms with E-state index >= 15 is 0 Å². The molecule has 0 unspecified atom stereocenters. The molecule has 0 aliphatic heterocycles. The number of methoxy groups -OCH3 is 1. The van der Waals surface area contributed by atoms with Crippen LogP contribution in [-0.4, -0.2) is 24.0 Å². The fourth-order valence-electron chi connectivity index (χ4n) is 2.48. The van der Waals surface area contributed by atoms with Gasteiger partial charge in [0.05, 0.1) is 18.5 Å². The van der Waals surface area contributed by atoms with Crippen LogP contribution in [0.25, 0.3) is 0 Å². The molecular weight excluding hydrogens is 376 g/mol. The third kappa shape index (κ3) is 4.66. The van der Waals surface area contributed by atoms with Crippen LogP contribution in [-0.2, 0) is 0 Å². The standard InChI is InChI=1S/C20H20N4O3S/c1-12-8-10-14(11-9-12)22-18(25)17-13(2)21-20(28-17)24-19(26)23-15-6-4-5-7-16(15)27-3/h4-11H,1-3H3,(H,22,25)(H2,21,23,24,26). The Labute approximate surface area is 166 Å². The molecular formula is C20H20N4O3S. The van der Waals surface area contributed by atoms with E-state index in [9.17, 15) is 9.59 Å². The first-order valence-corrected chi connectivity index (χ1v) is 9.34. The molecule has 7 nitrogen and oxygen atoms in total. The number of aromatic nitrogens is 1. The smallest absolute Gasteiger partial charge is 0.325 e. The number of hydrogen-bond donors (Lipinski definition) is 3. The molecule has 0 spiro atoms. The van der Waals surface area contributed by atoms with Gasteiger partial charge in [0.2, 0.25) is 0 Å². The van der Waals surface area contributed by atoms with Gasteiger partial charge >= 0.3 is 6.03 Å². The summed E-state index contributed by atoms with van der Waals surface area (Å²) in [6.07, 6.45) is 0. The molecule has 0 atom stereocenters. The van der Waals surface area contributed by atoms with Crippen LogP contribution in [0.2, 0.25) is 0 Å². The van der Waals surface area contributed by atoms with E-state index < -0.39 is 6.03 Å². The summed E-state index contributed by atoms with van der Waals surface area (Å²) in [5.74, 6) is 0.281. The van der Waals surface area contributed by atoms with Crippen molar-refractivity contribution in [2.24, 2.45) is 0 Å². The maximum atomic E-state index is 12.5. The lowest BCUT2D eigenvalue weighted by molar-refractivity contribution is 0.103. The second-order valence-electron chi connectivity index (χ2n) is 6.03. The van der Waals surface area contributed by atoms with E-state index in [1.807, 2.05) is 37.3 Å². The van der Waals surface area contributed by atoms with E-state index in [0.717, 1.165) is 16.9 Å². The Balaban J connectivity index is 1.67. The van der Waals surface area contributed by atoms with Gasteiger partial charge in [-0.3, -0.25) is 10.1 Å². The van der Waals surface area contributed by atoms with Gasteiger partial charge < -0.3 is 15.4 Å². The zero-order chi connectivity index (χ0) is 20.1. The predicted octanol–water partition coefficient (Wildman–Crippen LogP) is 4.66. The highest BCUT2D eigenvalue weighted by atomic mass is 32.1. The number of amides is 3. The van der Waals surface area contributed by atoms with E-state index in [1.165, 1.54) is 7.11 Å². The molecule has 3 aromatic rings. The normalized spacial score (nSPS) is 10.2. The first kappa shape index (κ1) is 19.4. The first-order chi connectivity index (χ1) is 13.5. The third-order valence-electron chi connectivity index (χ3n) is 3.89. The van der Waals surface area contributed by atoms with Gasteiger partial charge in [0.15, 0.2) is 5.13 Å². The van der Waals surface area contributed by atoms with Gasteiger partial charge in [-0.1, -0.05) is 41.2 Å². The van der Waals surface area contributed by atoms with Crippen molar-refractivity contribution in [2.45, 2.75) is 13.8 Å². The minimum atomic E-state index is -0.469. The van der Waals surface area contributed by atoms with Gasteiger partial charge in [-0.05, 0) is 38.1 Å². The van der Waals surface area contributed by atoms with Crippen LogP contribution < -0.4 is 20.7 Å². The molecule has 144 valence electrons. The fourth-order valence-corrected chi connectivity index (χ4v) is 3.34. The summed E-state index contributed by atoms with van der Waals surface area (Å²) in [6, 6.07) is 14.1. The Morgan fingerprint density at radius 2 is 1.68 bits per heavy atom. The molecule has 0 radical (unpaired) electrons. The predicted molar refractivity (Wildman–Crippen MR) is 112 cm³/mol. The zero-order valence-corrected chi connectivity index (χ0v) is 16.5. The van der Waals surface area contributed by atoms with Crippen molar-refractivity contribution in [1.82, 2.24) is 4.98 Å². The second-order valence-corrected chi connectivity index (χ2v) is 7.03. The van der Waals surface area contributed by atoms with Gasteiger partial charge in [0.1, 0.15) is 10.6 Å². The zero-order valence-electron chi connectivity index (χ0n) is 15.7. The van der Waals surface area contributed by atoms with Crippen molar-refractivity contribution in [2.75, 3.05) is 23.1 Å². The van der Waals surface area contributed by atoms with Crippen LogP contribution in [0.15, 0.2) is 48.5 Å². The molecule has 28 heavy (non-hydrogen) atoms. The SMILES string of the molecule is COc1ccccc1NC(=O)Nc1nc(C)c(C(=O)Nc2ccc(C)cc2)s1. The topological polar surface area (TPSA) is 92.3 Å². The van der Waals surface area contributed by atoms with Crippen LogP contribution in [0.5, 0.6) is 5.75 Å². The Kier molecular flexibility index (Phi) is 5.90. The molecule has 8 heteroatoms. The van der Waals surface area contributed by atoms with Gasteiger partial charge in [-0.2, -0.15) is 0 Å². The summed E-state index contributed by atoms with van der Waals surface area (Å²) >= 11 is 1.11. The van der Waals surface area contributed by atoms with E-state index in [0.29, 0.717) is 32.8 Å². The minimum Gasteiger partial charge on any atom is -0.495 e. The van der Waals surface area contributed by atoms with Gasteiger partial charge in [0.25, 0.3) is 5.91 Å². The number of nitrogens with zero attached hydrogens (tertiary/aromatic N) is 1. The number of thiazole rings is 1. The molecule has 0 saturated heterocycles. The minimum absolute atomic E-state index is 0.267. The number of benzene rings is 2. The first-order valence-electron chi connectivity index (χ1n) is 8.52. The average Bonchev–Trinajstić information content (AvgIpc) is 3.04. The molecule has 0 saturated carbocycles. The monoisotopic (exact) mass is 396 g/mol. The van der Waals surface area contributed by atoms with Gasteiger partial charge in [-0.15, -0.1) is 0 Å². The molecule has 1 aromatic heterocycles. The number of nitrogens with one attached hydrogen (secondary N) is 3. The number of anilines is 3. The van der Waals surface area contributed by atoms with Crippen LogP contribution in [0.1, 0.15) is 20.9 Å². The van der Waals surface area contributed by atoms with E-state index in [1.54, 1.807) is 25.1 Å². The quantitative estimate of drug-likeness (QED) is 0.585. The highest BCUT2D eigenvalue weighted by molar-refractivity contribution is 7.17. The van der Waals surface area contributed by atoms with Crippen molar-refractivity contribution in [3.8, 4) is 5.75 Å². The summed E-state index contributed by atoms with van der Waals surface area (Å²) < 4.78 is 5.21. The van der Waals surface area contributed by atoms with E-state index in [4.69, 9.17) is 4.74 Å². The third-order valence-corrected chi connectivity index (χ3v) is 4.96. The molecule has 0 aliphatic carbocycles. The van der Waals surface area contributed by atoms with Crippen molar-refractivity contribution < 1.29 is 14.3 Å². The molecule has 0 aliphatic rings. The maximum absolute atomic E-state index is 12.5. The summed E-state index contributed by atoms with van der Waals surface area (Å²) in [6.45, 7) is 3.71. The number of urea groups is 1. The van der Waals surface area contributed by atoms with Crippen LogP contribution in [0.3, 0.4) is 0 Å². The Hall–Kier alpha value is -3.39. The lowest BCUT2D eigenvalue weighted by Crippen LogP contribution is -2.19.